The fourth-order valence-electron chi connectivity index (χ4n) is 2.60. The standard InChI is InChI=1S/C14H26O4Si2/c1-7-19(15-3,16-4)13-9-11-14(12-10-13)20(8-2,17-5)18-6/h9-12H,7-8H2,1-6H3. The maximum absolute atomic E-state index is 5.69. The number of hydrogen-bond acceptors (Lipinski definition) is 4. The van der Waals surface area contributed by atoms with E-state index >= 15 is 0 Å². The minimum Gasteiger partial charge on any atom is -0.394 e. The van der Waals surface area contributed by atoms with Gasteiger partial charge in [0.2, 0.25) is 0 Å². The van der Waals surface area contributed by atoms with E-state index in [2.05, 4.69) is 38.1 Å². The van der Waals surface area contributed by atoms with E-state index in [4.69, 9.17) is 17.7 Å². The van der Waals surface area contributed by atoms with Crippen molar-refractivity contribution in [1.29, 1.82) is 0 Å². The van der Waals surface area contributed by atoms with E-state index in [0.717, 1.165) is 22.5 Å². The van der Waals surface area contributed by atoms with Crippen molar-refractivity contribution in [2.24, 2.45) is 0 Å². The van der Waals surface area contributed by atoms with Gasteiger partial charge in [-0.2, -0.15) is 0 Å². The van der Waals surface area contributed by atoms with Crippen LogP contribution in [0, 0.1) is 0 Å². The molecular weight excluding hydrogens is 288 g/mol. The van der Waals surface area contributed by atoms with E-state index in [0.29, 0.717) is 0 Å². The summed E-state index contributed by atoms with van der Waals surface area (Å²) in [4.78, 5) is 0. The van der Waals surface area contributed by atoms with Gasteiger partial charge >= 0.3 is 17.1 Å². The summed E-state index contributed by atoms with van der Waals surface area (Å²) in [5, 5.41) is 2.28. The second-order valence-electron chi connectivity index (χ2n) is 4.61. The summed E-state index contributed by atoms with van der Waals surface area (Å²) in [7, 11) is 2.35. The third-order valence-corrected chi connectivity index (χ3v) is 10.9. The lowest BCUT2D eigenvalue weighted by molar-refractivity contribution is 0.258. The first-order chi connectivity index (χ1) is 9.57. The zero-order valence-electron chi connectivity index (χ0n) is 13.4. The van der Waals surface area contributed by atoms with Crippen LogP contribution in [0.25, 0.3) is 0 Å². The fraction of sp³-hybridized carbons (Fsp3) is 0.571. The highest BCUT2D eigenvalue weighted by Crippen LogP contribution is 2.14. The van der Waals surface area contributed by atoms with Crippen molar-refractivity contribution in [3.05, 3.63) is 24.3 Å². The largest absolute Gasteiger partial charge is 0.394 e. The summed E-state index contributed by atoms with van der Waals surface area (Å²) in [6, 6.07) is 10.1. The van der Waals surface area contributed by atoms with Gasteiger partial charge in [0.25, 0.3) is 0 Å². The Morgan fingerprint density at radius 2 is 0.900 bits per heavy atom. The quantitative estimate of drug-likeness (QED) is 0.683. The van der Waals surface area contributed by atoms with Crippen molar-refractivity contribution >= 4 is 27.5 Å². The van der Waals surface area contributed by atoms with Gasteiger partial charge in [0.1, 0.15) is 0 Å². The van der Waals surface area contributed by atoms with Crippen LogP contribution >= 0.6 is 0 Å². The molecule has 1 aromatic rings. The van der Waals surface area contributed by atoms with E-state index in [1.54, 1.807) is 28.4 Å². The molecule has 0 radical (unpaired) electrons. The van der Waals surface area contributed by atoms with Crippen LogP contribution in [-0.2, 0) is 17.7 Å². The van der Waals surface area contributed by atoms with Crippen LogP contribution in [0.5, 0.6) is 0 Å². The van der Waals surface area contributed by atoms with Crippen LogP contribution in [0.4, 0.5) is 0 Å². The molecule has 20 heavy (non-hydrogen) atoms. The maximum Gasteiger partial charge on any atom is 0.371 e. The molecule has 0 spiro atoms. The average Bonchev–Trinajstić information content (AvgIpc) is 2.53. The molecule has 0 bridgehead atoms. The highest BCUT2D eigenvalue weighted by atomic mass is 28.4. The van der Waals surface area contributed by atoms with E-state index in [9.17, 15) is 0 Å². The topological polar surface area (TPSA) is 36.9 Å². The lowest BCUT2D eigenvalue weighted by Crippen LogP contribution is -2.54. The van der Waals surface area contributed by atoms with Crippen molar-refractivity contribution in [1.82, 2.24) is 0 Å². The van der Waals surface area contributed by atoms with Gasteiger partial charge in [-0.25, -0.2) is 0 Å². The number of benzene rings is 1. The van der Waals surface area contributed by atoms with Crippen molar-refractivity contribution < 1.29 is 17.7 Å². The Balaban J connectivity index is 3.16. The molecule has 4 nitrogen and oxygen atoms in total. The van der Waals surface area contributed by atoms with E-state index in [1.807, 2.05) is 0 Å². The molecule has 0 N–H and O–H groups in total. The zero-order valence-corrected chi connectivity index (χ0v) is 15.4. The third kappa shape index (κ3) is 3.05. The summed E-state index contributed by atoms with van der Waals surface area (Å²) >= 11 is 0. The summed E-state index contributed by atoms with van der Waals surface area (Å²) in [6.45, 7) is 4.20. The molecule has 0 fully saturated rings. The molecule has 0 saturated carbocycles. The molecule has 0 aliphatic rings. The molecule has 0 unspecified atom stereocenters. The Morgan fingerprint density at radius 1 is 0.650 bits per heavy atom. The van der Waals surface area contributed by atoms with Gasteiger partial charge in [-0.15, -0.1) is 0 Å². The maximum atomic E-state index is 5.69. The van der Waals surface area contributed by atoms with Gasteiger partial charge in [0.05, 0.1) is 0 Å². The van der Waals surface area contributed by atoms with E-state index in [-0.39, 0.29) is 0 Å². The molecule has 0 heterocycles. The van der Waals surface area contributed by atoms with Gasteiger partial charge in [0, 0.05) is 28.4 Å². The molecule has 6 heteroatoms. The highest BCUT2D eigenvalue weighted by Gasteiger charge is 2.39. The van der Waals surface area contributed by atoms with Gasteiger partial charge in [0.15, 0.2) is 0 Å². The van der Waals surface area contributed by atoms with Crippen molar-refractivity contribution in [3.8, 4) is 0 Å². The molecule has 114 valence electrons. The third-order valence-electron chi connectivity index (χ3n) is 4.01. The van der Waals surface area contributed by atoms with Crippen LogP contribution in [0.1, 0.15) is 13.8 Å². The lowest BCUT2D eigenvalue weighted by atomic mass is 10.4. The van der Waals surface area contributed by atoms with Crippen LogP contribution in [0.15, 0.2) is 24.3 Å². The van der Waals surface area contributed by atoms with E-state index < -0.39 is 17.1 Å². The number of hydrogen-bond donors (Lipinski definition) is 0. The molecule has 0 saturated heterocycles. The number of rotatable bonds is 8. The zero-order chi connectivity index (χ0) is 15.2. The molecule has 0 aromatic heterocycles. The molecule has 1 aromatic carbocycles. The first-order valence-electron chi connectivity index (χ1n) is 6.89. The minimum absolute atomic E-state index is 0.879. The van der Waals surface area contributed by atoms with Crippen molar-refractivity contribution in [2.75, 3.05) is 28.4 Å². The Kier molecular flexibility index (Phi) is 6.57. The van der Waals surface area contributed by atoms with Crippen molar-refractivity contribution in [2.45, 2.75) is 25.9 Å². The predicted molar refractivity (Wildman–Crippen MR) is 86.2 cm³/mol. The first-order valence-corrected chi connectivity index (χ1v) is 10.9. The van der Waals surface area contributed by atoms with Crippen LogP contribution in [-0.4, -0.2) is 45.6 Å². The Morgan fingerprint density at radius 3 is 1.05 bits per heavy atom. The van der Waals surface area contributed by atoms with Gasteiger partial charge in [-0.05, 0) is 22.5 Å². The van der Waals surface area contributed by atoms with Gasteiger partial charge < -0.3 is 17.7 Å². The Hall–Kier alpha value is -0.506. The summed E-state index contributed by atoms with van der Waals surface area (Å²) in [6.07, 6.45) is 0. The molecule has 0 amide bonds. The molecular formula is C14H26O4Si2. The average molecular weight is 315 g/mol. The van der Waals surface area contributed by atoms with E-state index in [1.165, 1.54) is 0 Å². The monoisotopic (exact) mass is 314 g/mol. The van der Waals surface area contributed by atoms with Crippen LogP contribution in [0.3, 0.4) is 0 Å². The second-order valence-corrected chi connectivity index (χ2v) is 11.8. The molecule has 0 aliphatic heterocycles. The molecule has 0 atom stereocenters. The summed E-state index contributed by atoms with van der Waals surface area (Å²) < 4.78 is 22.8. The summed E-state index contributed by atoms with van der Waals surface area (Å²) in [5.41, 5.74) is 0. The fourth-order valence-corrected chi connectivity index (χ4v) is 7.20. The highest BCUT2D eigenvalue weighted by molar-refractivity contribution is 6.82. The van der Waals surface area contributed by atoms with Gasteiger partial charge in [-0.3, -0.25) is 0 Å². The molecule has 0 aliphatic carbocycles. The minimum atomic E-state index is -2.27. The van der Waals surface area contributed by atoms with Gasteiger partial charge in [-0.1, -0.05) is 38.1 Å². The smallest absolute Gasteiger partial charge is 0.371 e. The Bertz CT molecular complexity index is 345. The Labute approximate surface area is 124 Å². The summed E-state index contributed by atoms with van der Waals surface area (Å²) in [5.74, 6) is 0. The normalized spacial score (nSPS) is 12.7. The van der Waals surface area contributed by atoms with Crippen LogP contribution < -0.4 is 10.4 Å². The van der Waals surface area contributed by atoms with Crippen LogP contribution in [0.2, 0.25) is 12.1 Å². The second kappa shape index (κ2) is 7.49. The van der Waals surface area contributed by atoms with Crippen molar-refractivity contribution in [3.63, 3.8) is 0 Å². The SMILES string of the molecule is CC[Si](OC)(OC)c1ccc([Si](CC)(OC)OC)cc1. The lowest BCUT2D eigenvalue weighted by Gasteiger charge is -2.29. The first kappa shape index (κ1) is 17.5. The molecule has 1 rings (SSSR count). The predicted octanol–water partition coefficient (Wildman–Crippen LogP) is 1.61.